The van der Waals surface area contributed by atoms with Crippen LogP contribution in [0.3, 0.4) is 0 Å². The maximum Gasteiger partial charge on any atom is 0.272 e. The van der Waals surface area contributed by atoms with Gasteiger partial charge in [0.25, 0.3) is 11.8 Å². The zero-order valence-electron chi connectivity index (χ0n) is 14.5. The topological polar surface area (TPSA) is 88.3 Å². The van der Waals surface area contributed by atoms with Gasteiger partial charge in [-0.3, -0.25) is 14.6 Å². The second-order valence-corrected chi connectivity index (χ2v) is 6.26. The molecule has 2 aromatic rings. The van der Waals surface area contributed by atoms with Gasteiger partial charge in [0.05, 0.1) is 0 Å². The zero-order valence-corrected chi connectivity index (χ0v) is 14.5. The van der Waals surface area contributed by atoms with Crippen molar-refractivity contribution in [3.05, 3.63) is 41.4 Å². The van der Waals surface area contributed by atoms with Gasteiger partial charge in [-0.05, 0) is 44.7 Å². The molecule has 1 aliphatic heterocycles. The van der Waals surface area contributed by atoms with Crippen LogP contribution in [0, 0.1) is 6.92 Å². The number of rotatable bonds is 4. The van der Waals surface area contributed by atoms with E-state index < -0.39 is 0 Å². The molecule has 0 saturated carbocycles. The van der Waals surface area contributed by atoms with Crippen molar-refractivity contribution in [2.45, 2.75) is 45.6 Å². The molecule has 1 N–H and O–H groups in total. The van der Waals surface area contributed by atoms with Crippen molar-refractivity contribution < 1.29 is 14.1 Å². The van der Waals surface area contributed by atoms with E-state index in [1.54, 1.807) is 19.1 Å². The fourth-order valence-corrected chi connectivity index (χ4v) is 3.14. The smallest absolute Gasteiger partial charge is 0.272 e. The summed E-state index contributed by atoms with van der Waals surface area (Å²) in [5, 5.41) is 6.38. The zero-order chi connectivity index (χ0) is 17.8. The van der Waals surface area contributed by atoms with Crippen molar-refractivity contribution in [1.82, 2.24) is 15.0 Å². The lowest BCUT2D eigenvalue weighted by atomic mass is 9.99. The molecule has 1 saturated heterocycles. The molecular formula is C18H22N4O3. The van der Waals surface area contributed by atoms with Crippen LogP contribution in [0.2, 0.25) is 0 Å². The Kier molecular flexibility index (Phi) is 5.11. The molecule has 2 aromatic heterocycles. The largest absolute Gasteiger partial charge is 0.360 e. The maximum atomic E-state index is 12.8. The number of likely N-dealkylation sites (tertiary alicyclic amines) is 1. The van der Waals surface area contributed by atoms with Gasteiger partial charge in [-0.25, -0.2) is 0 Å². The maximum absolute atomic E-state index is 12.8. The van der Waals surface area contributed by atoms with Crippen LogP contribution < -0.4 is 5.32 Å². The fraction of sp³-hybridized carbons (Fsp3) is 0.444. The van der Waals surface area contributed by atoms with E-state index in [1.807, 2.05) is 4.90 Å². The minimum Gasteiger partial charge on any atom is -0.360 e. The van der Waals surface area contributed by atoms with E-state index in [0.29, 0.717) is 22.8 Å². The van der Waals surface area contributed by atoms with Gasteiger partial charge in [0, 0.05) is 30.4 Å². The Balaban J connectivity index is 1.76. The fourth-order valence-electron chi connectivity index (χ4n) is 3.14. The van der Waals surface area contributed by atoms with Crippen LogP contribution in [-0.2, 0) is 0 Å². The summed E-state index contributed by atoms with van der Waals surface area (Å²) < 4.78 is 4.93. The van der Waals surface area contributed by atoms with E-state index in [0.717, 1.165) is 32.2 Å². The standard InChI is InChI=1S/C18H22N4O3/c1-3-14-6-4-5-9-22(14)18(24)15-11-13(7-8-19-15)17(23)20-16-10-12(2)25-21-16/h7-8,10-11,14H,3-6,9H2,1-2H3,(H,20,21,23). The predicted octanol–water partition coefficient (Wildman–Crippen LogP) is 3.04. The molecule has 1 atom stereocenters. The van der Waals surface area contributed by atoms with Gasteiger partial charge >= 0.3 is 0 Å². The van der Waals surface area contributed by atoms with E-state index in [1.165, 1.54) is 12.3 Å². The summed E-state index contributed by atoms with van der Waals surface area (Å²) in [5.41, 5.74) is 0.661. The quantitative estimate of drug-likeness (QED) is 0.922. The number of aromatic nitrogens is 2. The van der Waals surface area contributed by atoms with Crippen molar-refractivity contribution in [1.29, 1.82) is 0 Å². The number of nitrogens with zero attached hydrogens (tertiary/aromatic N) is 3. The van der Waals surface area contributed by atoms with Crippen molar-refractivity contribution in [2.75, 3.05) is 11.9 Å². The summed E-state index contributed by atoms with van der Waals surface area (Å²) in [6.45, 7) is 4.58. The third kappa shape index (κ3) is 3.87. The number of aryl methyl sites for hydroxylation is 1. The molecule has 25 heavy (non-hydrogen) atoms. The van der Waals surface area contributed by atoms with E-state index >= 15 is 0 Å². The van der Waals surface area contributed by atoms with Gasteiger partial charge in [0.1, 0.15) is 11.5 Å². The minimum atomic E-state index is -0.351. The van der Waals surface area contributed by atoms with Crippen molar-refractivity contribution in [3.63, 3.8) is 0 Å². The summed E-state index contributed by atoms with van der Waals surface area (Å²) in [6.07, 6.45) is 5.59. The van der Waals surface area contributed by atoms with Crippen LogP contribution in [-0.4, -0.2) is 39.4 Å². The van der Waals surface area contributed by atoms with Gasteiger partial charge in [0.2, 0.25) is 0 Å². The molecule has 3 rings (SSSR count). The highest BCUT2D eigenvalue weighted by Crippen LogP contribution is 2.21. The van der Waals surface area contributed by atoms with Crippen molar-refractivity contribution in [2.24, 2.45) is 0 Å². The number of hydrogen-bond donors (Lipinski definition) is 1. The third-order valence-electron chi connectivity index (χ3n) is 4.47. The molecule has 0 radical (unpaired) electrons. The first kappa shape index (κ1) is 17.1. The van der Waals surface area contributed by atoms with Crippen LogP contribution in [0.15, 0.2) is 28.9 Å². The van der Waals surface area contributed by atoms with E-state index in [4.69, 9.17) is 4.52 Å². The Morgan fingerprint density at radius 2 is 2.20 bits per heavy atom. The number of anilines is 1. The molecule has 0 aromatic carbocycles. The van der Waals surface area contributed by atoms with Crippen LogP contribution in [0.5, 0.6) is 0 Å². The lowest BCUT2D eigenvalue weighted by Gasteiger charge is -2.35. The first-order valence-corrected chi connectivity index (χ1v) is 8.60. The third-order valence-corrected chi connectivity index (χ3v) is 4.47. The Bertz CT molecular complexity index is 771. The second-order valence-electron chi connectivity index (χ2n) is 6.26. The molecule has 0 spiro atoms. The average molecular weight is 342 g/mol. The normalized spacial score (nSPS) is 17.4. The minimum absolute atomic E-state index is 0.113. The highest BCUT2D eigenvalue weighted by molar-refractivity contribution is 6.05. The molecule has 132 valence electrons. The lowest BCUT2D eigenvalue weighted by Crippen LogP contribution is -2.43. The van der Waals surface area contributed by atoms with Crippen LogP contribution in [0.4, 0.5) is 5.82 Å². The van der Waals surface area contributed by atoms with Crippen LogP contribution in [0.25, 0.3) is 0 Å². The molecule has 0 aliphatic carbocycles. The molecule has 1 unspecified atom stereocenters. The summed E-state index contributed by atoms with van der Waals surface area (Å²) >= 11 is 0. The Hall–Kier alpha value is -2.70. The highest BCUT2D eigenvalue weighted by Gasteiger charge is 2.27. The molecule has 3 heterocycles. The lowest BCUT2D eigenvalue weighted by molar-refractivity contribution is 0.0602. The van der Waals surface area contributed by atoms with E-state index in [2.05, 4.69) is 22.4 Å². The molecule has 1 aliphatic rings. The molecule has 1 fully saturated rings. The first-order chi connectivity index (χ1) is 12.1. The number of nitrogens with one attached hydrogen (secondary N) is 1. The van der Waals surface area contributed by atoms with Gasteiger partial charge < -0.3 is 14.7 Å². The monoisotopic (exact) mass is 342 g/mol. The van der Waals surface area contributed by atoms with E-state index in [-0.39, 0.29) is 17.9 Å². The Morgan fingerprint density at radius 3 is 2.92 bits per heavy atom. The Morgan fingerprint density at radius 1 is 1.36 bits per heavy atom. The van der Waals surface area contributed by atoms with Gasteiger partial charge in [-0.2, -0.15) is 0 Å². The van der Waals surface area contributed by atoms with Crippen molar-refractivity contribution in [3.8, 4) is 0 Å². The van der Waals surface area contributed by atoms with Crippen LogP contribution in [0.1, 0.15) is 59.2 Å². The summed E-state index contributed by atoms with van der Waals surface area (Å²) in [4.78, 5) is 31.2. The summed E-state index contributed by atoms with van der Waals surface area (Å²) in [7, 11) is 0. The highest BCUT2D eigenvalue weighted by atomic mass is 16.5. The average Bonchev–Trinajstić information content (AvgIpc) is 3.05. The van der Waals surface area contributed by atoms with E-state index in [9.17, 15) is 9.59 Å². The van der Waals surface area contributed by atoms with Gasteiger partial charge in [-0.1, -0.05) is 12.1 Å². The number of hydrogen-bond acceptors (Lipinski definition) is 5. The number of amides is 2. The molecule has 7 nitrogen and oxygen atoms in total. The SMILES string of the molecule is CCC1CCCCN1C(=O)c1cc(C(=O)Nc2cc(C)on2)ccn1. The number of piperidine rings is 1. The predicted molar refractivity (Wildman–Crippen MR) is 92.4 cm³/mol. The first-order valence-electron chi connectivity index (χ1n) is 8.60. The number of carbonyl (C=O) groups is 2. The molecule has 2 amide bonds. The Labute approximate surface area is 146 Å². The second kappa shape index (κ2) is 7.46. The number of pyridine rings is 1. The molecule has 7 heteroatoms. The van der Waals surface area contributed by atoms with Gasteiger partial charge in [-0.15, -0.1) is 0 Å². The summed E-state index contributed by atoms with van der Waals surface area (Å²) in [6, 6.07) is 4.99. The number of carbonyl (C=O) groups excluding carboxylic acids is 2. The van der Waals surface area contributed by atoms with Gasteiger partial charge in [0.15, 0.2) is 5.82 Å². The molecular weight excluding hydrogens is 320 g/mol. The van der Waals surface area contributed by atoms with Crippen LogP contribution >= 0.6 is 0 Å². The molecule has 0 bridgehead atoms. The summed E-state index contributed by atoms with van der Waals surface area (Å²) in [5.74, 6) is 0.486. The van der Waals surface area contributed by atoms with Crippen molar-refractivity contribution >= 4 is 17.6 Å².